The molecule has 4 heterocycles. The average molecular weight is 746 g/mol. The first-order chi connectivity index (χ1) is 25.0. The number of hydrogen-bond acceptors (Lipinski definition) is 11. The van der Waals surface area contributed by atoms with Crippen LogP contribution in [0.25, 0.3) is 0 Å². The van der Waals surface area contributed by atoms with E-state index in [4.69, 9.17) is 28.4 Å². The quantitative estimate of drug-likeness (QED) is 0.236. The first-order valence-electron chi connectivity index (χ1n) is 18.2. The van der Waals surface area contributed by atoms with E-state index in [2.05, 4.69) is 5.32 Å². The summed E-state index contributed by atoms with van der Waals surface area (Å²) in [5, 5.41) is 14.7. The molecule has 2 amide bonds. The van der Waals surface area contributed by atoms with Crippen LogP contribution in [0.5, 0.6) is 11.5 Å². The summed E-state index contributed by atoms with van der Waals surface area (Å²) < 4.78 is 63.3. The van der Waals surface area contributed by atoms with Gasteiger partial charge in [-0.1, -0.05) is 44.2 Å². The third-order valence-corrected chi connectivity index (χ3v) is 11.9. The van der Waals surface area contributed by atoms with Crippen LogP contribution in [0.2, 0.25) is 0 Å². The summed E-state index contributed by atoms with van der Waals surface area (Å²) in [4.78, 5) is 27.3. The minimum atomic E-state index is -4.18. The van der Waals surface area contributed by atoms with Gasteiger partial charge in [-0.05, 0) is 68.1 Å². The number of sulfonamides is 1. The first-order valence-corrected chi connectivity index (χ1v) is 19.7. The Morgan fingerprint density at radius 1 is 1.06 bits per heavy atom. The summed E-state index contributed by atoms with van der Waals surface area (Å²) in [5.74, 6) is 0.705. The van der Waals surface area contributed by atoms with Crippen LogP contribution < -0.4 is 14.8 Å². The van der Waals surface area contributed by atoms with Gasteiger partial charge in [0.2, 0.25) is 16.8 Å². The molecule has 14 nitrogen and oxygen atoms in total. The normalized spacial score (nSPS) is 22.3. The third-order valence-electron chi connectivity index (χ3n) is 10.1. The van der Waals surface area contributed by atoms with Gasteiger partial charge in [0.25, 0.3) is 0 Å². The number of alkyl carbamates (subject to hydrolysis) is 1. The highest BCUT2D eigenvalue weighted by Crippen LogP contribution is 2.36. The number of ether oxygens (including phenoxy) is 6. The van der Waals surface area contributed by atoms with Crippen molar-refractivity contribution in [2.75, 3.05) is 52.8 Å². The van der Waals surface area contributed by atoms with Gasteiger partial charge in [-0.15, -0.1) is 0 Å². The number of carbonyl (C=O) groups excluding carboxylic acids is 2. The fraction of sp³-hybridized carbons (Fsp3) is 0.622. The van der Waals surface area contributed by atoms with Crippen molar-refractivity contribution in [3.05, 3.63) is 54.1 Å². The molecule has 0 radical (unpaired) electrons. The number of nitrogens with zero attached hydrogens (tertiary/aromatic N) is 2. The van der Waals surface area contributed by atoms with Crippen molar-refractivity contribution in [2.45, 2.75) is 88.2 Å². The lowest BCUT2D eigenvalue weighted by atomic mass is 9.87. The fourth-order valence-corrected chi connectivity index (χ4v) is 8.87. The molecule has 0 aliphatic carbocycles. The van der Waals surface area contributed by atoms with Gasteiger partial charge >= 0.3 is 12.2 Å². The number of rotatable bonds is 16. The van der Waals surface area contributed by atoms with Crippen LogP contribution in [0, 0.1) is 11.3 Å². The highest BCUT2D eigenvalue weighted by atomic mass is 32.2. The van der Waals surface area contributed by atoms with Gasteiger partial charge in [-0.25, -0.2) is 18.0 Å². The molecule has 4 aliphatic heterocycles. The summed E-state index contributed by atoms with van der Waals surface area (Å²) in [6, 6.07) is 12.9. The summed E-state index contributed by atoms with van der Waals surface area (Å²) in [5.41, 5.74) is 0.308. The molecule has 0 saturated carbocycles. The molecule has 2 aromatic rings. The monoisotopic (exact) mass is 745 g/mol. The van der Waals surface area contributed by atoms with Crippen molar-refractivity contribution >= 4 is 22.2 Å². The molecule has 0 spiro atoms. The number of likely N-dealkylation sites (tertiary alicyclic amines) is 1. The Morgan fingerprint density at radius 2 is 1.83 bits per heavy atom. The molecule has 0 unspecified atom stereocenters. The Kier molecular flexibility index (Phi) is 12.5. The molecule has 0 aromatic heterocycles. The predicted octanol–water partition coefficient (Wildman–Crippen LogP) is 4.29. The molecule has 286 valence electrons. The highest BCUT2D eigenvalue weighted by molar-refractivity contribution is 7.89. The maximum Gasteiger partial charge on any atom is 0.409 e. The lowest BCUT2D eigenvalue weighted by Gasteiger charge is -2.35. The van der Waals surface area contributed by atoms with Crippen molar-refractivity contribution in [3.8, 4) is 11.5 Å². The lowest BCUT2D eigenvalue weighted by molar-refractivity contribution is -0.0907. The van der Waals surface area contributed by atoms with Gasteiger partial charge < -0.3 is 43.7 Å². The predicted molar refractivity (Wildman–Crippen MR) is 188 cm³/mol. The van der Waals surface area contributed by atoms with Crippen molar-refractivity contribution in [1.29, 1.82) is 0 Å². The van der Waals surface area contributed by atoms with Gasteiger partial charge in [-0.2, -0.15) is 4.31 Å². The zero-order valence-electron chi connectivity index (χ0n) is 29.9. The second kappa shape index (κ2) is 17.0. The molecule has 3 saturated heterocycles. The van der Waals surface area contributed by atoms with E-state index in [1.165, 1.54) is 16.4 Å². The zero-order chi connectivity index (χ0) is 36.7. The van der Waals surface area contributed by atoms with Gasteiger partial charge in [0, 0.05) is 32.2 Å². The van der Waals surface area contributed by atoms with E-state index < -0.39 is 46.1 Å². The molecule has 6 rings (SSSR count). The summed E-state index contributed by atoms with van der Waals surface area (Å²) >= 11 is 0. The van der Waals surface area contributed by atoms with E-state index in [0.717, 1.165) is 31.5 Å². The second-order valence-corrected chi connectivity index (χ2v) is 16.7. The highest BCUT2D eigenvalue weighted by Gasteiger charge is 2.44. The van der Waals surface area contributed by atoms with Crippen LogP contribution in [0.3, 0.4) is 0 Å². The Balaban J connectivity index is 1.16. The fourth-order valence-electron chi connectivity index (χ4n) is 7.20. The number of aliphatic hydroxyl groups excluding tert-OH is 1. The molecular weight excluding hydrogens is 694 g/mol. The standard InChI is InChI=1S/C37H51N3O11S/c1-37(2,15-6-9-18-47-36(43)39-16-7-8-17-39)24-40(52(44,45)27-12-13-31-32(21-27)50-25-49-31)22-30(41)29(20-26-10-4-3-5-11-26)38-35(42)51-33-23-48-34-28(33)14-19-46-34/h3-5,10-13,21,28-30,33-34,41H,6-9,14-20,22-25H2,1-2H3,(H,38,42)/t28-,29-,30+,33-,34+/m0/s1. The van der Waals surface area contributed by atoms with Crippen LogP contribution in [0.4, 0.5) is 9.59 Å². The van der Waals surface area contributed by atoms with Crippen LogP contribution in [-0.4, -0.2) is 112 Å². The van der Waals surface area contributed by atoms with Gasteiger partial charge in [0.15, 0.2) is 17.8 Å². The summed E-state index contributed by atoms with van der Waals surface area (Å²) in [7, 11) is -4.18. The smallest absolute Gasteiger partial charge is 0.409 e. The van der Waals surface area contributed by atoms with E-state index in [-0.39, 0.29) is 56.4 Å². The van der Waals surface area contributed by atoms with E-state index in [1.807, 2.05) is 44.2 Å². The Bertz CT molecular complexity index is 1620. The van der Waals surface area contributed by atoms with Crippen LogP contribution in [0.1, 0.15) is 57.9 Å². The molecule has 3 fully saturated rings. The summed E-state index contributed by atoms with van der Waals surface area (Å²) in [6.45, 7) is 6.17. The number of amides is 2. The Morgan fingerprint density at radius 3 is 2.62 bits per heavy atom. The Hall–Kier alpha value is -3.63. The number of aliphatic hydroxyl groups is 1. The number of carbonyl (C=O) groups is 2. The lowest BCUT2D eigenvalue weighted by Crippen LogP contribution is -2.52. The zero-order valence-corrected chi connectivity index (χ0v) is 30.8. The molecule has 4 aliphatic rings. The molecule has 52 heavy (non-hydrogen) atoms. The van der Waals surface area contributed by atoms with Gasteiger partial charge in [0.05, 0.1) is 42.8 Å². The molecular formula is C37H51N3O11S. The number of fused-ring (bicyclic) bond motifs is 2. The van der Waals surface area contributed by atoms with Crippen molar-refractivity contribution < 1.29 is 51.5 Å². The van der Waals surface area contributed by atoms with Crippen LogP contribution in [0.15, 0.2) is 53.4 Å². The molecule has 2 N–H and O–H groups in total. The first kappa shape index (κ1) is 38.1. The number of hydrogen-bond donors (Lipinski definition) is 2. The average Bonchev–Trinajstić information content (AvgIpc) is 3.95. The maximum atomic E-state index is 14.4. The SMILES string of the molecule is CC(C)(CCCCOC(=O)N1CCCC1)CN(C[C@@H](O)[C@H](Cc1ccccc1)NC(=O)O[C@H]1CO[C@H]2OCC[C@H]21)S(=O)(=O)c1ccc2c(c1)OCO2. The molecule has 0 bridgehead atoms. The topological polar surface area (TPSA) is 162 Å². The number of benzene rings is 2. The molecule has 2 aromatic carbocycles. The van der Waals surface area contributed by atoms with Crippen molar-refractivity contribution in [2.24, 2.45) is 11.3 Å². The van der Waals surface area contributed by atoms with Gasteiger partial charge in [0.1, 0.15) is 6.10 Å². The minimum Gasteiger partial charge on any atom is -0.454 e. The van der Waals surface area contributed by atoms with Crippen molar-refractivity contribution in [1.82, 2.24) is 14.5 Å². The molecule has 5 atom stereocenters. The van der Waals surface area contributed by atoms with Crippen LogP contribution in [-0.2, 0) is 35.4 Å². The number of unbranched alkanes of at least 4 members (excludes halogenated alkanes) is 1. The third kappa shape index (κ3) is 9.67. The van der Waals surface area contributed by atoms with E-state index >= 15 is 0 Å². The van der Waals surface area contributed by atoms with Crippen LogP contribution >= 0.6 is 0 Å². The maximum absolute atomic E-state index is 14.4. The van der Waals surface area contributed by atoms with E-state index in [0.29, 0.717) is 43.8 Å². The number of nitrogens with one attached hydrogen (secondary N) is 1. The summed E-state index contributed by atoms with van der Waals surface area (Å²) in [6.07, 6.45) is 1.65. The Labute approximate surface area is 305 Å². The van der Waals surface area contributed by atoms with Crippen molar-refractivity contribution in [3.63, 3.8) is 0 Å². The minimum absolute atomic E-state index is 0.00452. The largest absolute Gasteiger partial charge is 0.454 e. The van der Waals surface area contributed by atoms with E-state index in [1.54, 1.807) is 11.0 Å². The van der Waals surface area contributed by atoms with Gasteiger partial charge in [-0.3, -0.25) is 0 Å². The second-order valence-electron chi connectivity index (χ2n) is 14.7. The van der Waals surface area contributed by atoms with E-state index in [9.17, 15) is 23.1 Å². The molecule has 15 heteroatoms.